The molecular formula is C31H37BN2O8S. The van der Waals surface area contributed by atoms with Gasteiger partial charge in [-0.1, -0.05) is 49.4 Å². The Morgan fingerprint density at radius 2 is 1.79 bits per heavy atom. The molecule has 10 nitrogen and oxygen atoms in total. The van der Waals surface area contributed by atoms with Gasteiger partial charge in [0.15, 0.2) is 9.84 Å². The van der Waals surface area contributed by atoms with E-state index in [2.05, 4.69) is 5.32 Å². The van der Waals surface area contributed by atoms with E-state index in [-0.39, 0.29) is 36.8 Å². The van der Waals surface area contributed by atoms with Crippen molar-refractivity contribution in [1.29, 1.82) is 0 Å². The molecule has 3 N–H and O–H groups in total. The van der Waals surface area contributed by atoms with Crippen LogP contribution < -0.4 is 15.5 Å². The van der Waals surface area contributed by atoms with Crippen molar-refractivity contribution in [2.24, 2.45) is 0 Å². The van der Waals surface area contributed by atoms with Gasteiger partial charge in [0.25, 0.3) is 0 Å². The summed E-state index contributed by atoms with van der Waals surface area (Å²) < 4.78 is 37.1. The van der Waals surface area contributed by atoms with Gasteiger partial charge < -0.3 is 29.7 Å². The zero-order valence-corrected chi connectivity index (χ0v) is 25.3. The van der Waals surface area contributed by atoms with Gasteiger partial charge in [-0.3, -0.25) is 4.79 Å². The number of benzene rings is 3. The molecule has 43 heavy (non-hydrogen) atoms. The van der Waals surface area contributed by atoms with Crippen LogP contribution in [0.3, 0.4) is 0 Å². The standard InChI is InChI=1S/C31H37BN2O8S/c1-21(27-18-24(32(37)38)10-14-28(27)41-3)19-34(2)31(36)33-25-11-15-29(43(39,40)26-12-13-26)23(17-25)9-16-30(35)42-20-22-7-5-4-6-8-22/h4-8,10-11,14-15,17-18,21,26,37-38H,9,12-13,16,19-20H2,1-3H3,(H,33,36)/t21-/m1/s1. The van der Waals surface area contributed by atoms with Crippen LogP contribution in [-0.4, -0.2) is 68.4 Å². The monoisotopic (exact) mass is 608 g/mol. The van der Waals surface area contributed by atoms with Gasteiger partial charge in [0.05, 0.1) is 17.3 Å². The van der Waals surface area contributed by atoms with Crippen molar-refractivity contribution < 1.29 is 37.5 Å². The minimum absolute atomic E-state index is 0.0156. The van der Waals surface area contributed by atoms with Crippen LogP contribution in [0.2, 0.25) is 0 Å². The van der Waals surface area contributed by atoms with Crippen molar-refractivity contribution in [3.8, 4) is 5.75 Å². The van der Waals surface area contributed by atoms with Gasteiger partial charge in [-0.25, -0.2) is 13.2 Å². The summed E-state index contributed by atoms with van der Waals surface area (Å²) >= 11 is 0. The first-order valence-electron chi connectivity index (χ1n) is 14.1. The molecule has 0 aromatic heterocycles. The van der Waals surface area contributed by atoms with Gasteiger partial charge in [-0.05, 0) is 65.7 Å². The van der Waals surface area contributed by atoms with Crippen LogP contribution in [0.5, 0.6) is 5.75 Å². The number of methoxy groups -OCH3 is 1. The molecule has 2 amide bonds. The third-order valence-corrected chi connectivity index (χ3v) is 9.76. The van der Waals surface area contributed by atoms with E-state index in [1.54, 1.807) is 37.4 Å². The number of amides is 2. The fourth-order valence-corrected chi connectivity index (χ4v) is 6.74. The number of carbonyl (C=O) groups is 2. The van der Waals surface area contributed by atoms with Gasteiger partial charge in [-0.2, -0.15) is 0 Å². The Hall–Kier alpha value is -3.87. The highest BCUT2D eigenvalue weighted by Gasteiger charge is 2.38. The maximum atomic E-state index is 13.1. The Bertz CT molecular complexity index is 1540. The predicted molar refractivity (Wildman–Crippen MR) is 164 cm³/mol. The number of ether oxygens (including phenoxy) is 2. The van der Waals surface area contributed by atoms with Crippen LogP contribution in [0.1, 0.15) is 48.8 Å². The molecule has 3 aromatic carbocycles. The lowest BCUT2D eigenvalue weighted by atomic mass is 9.78. The largest absolute Gasteiger partial charge is 0.496 e. The number of nitrogens with zero attached hydrogens (tertiary/aromatic N) is 1. The average molecular weight is 609 g/mol. The molecule has 1 saturated carbocycles. The molecule has 1 fully saturated rings. The van der Waals surface area contributed by atoms with Crippen LogP contribution in [0.15, 0.2) is 71.6 Å². The van der Waals surface area contributed by atoms with E-state index in [1.165, 1.54) is 18.1 Å². The summed E-state index contributed by atoms with van der Waals surface area (Å²) in [6, 6.07) is 18.4. The molecule has 1 aliphatic rings. The average Bonchev–Trinajstić information content (AvgIpc) is 3.85. The van der Waals surface area contributed by atoms with E-state index in [9.17, 15) is 28.1 Å². The summed E-state index contributed by atoms with van der Waals surface area (Å²) in [7, 11) is -2.04. The molecular weight excluding hydrogens is 571 g/mol. The Morgan fingerprint density at radius 1 is 1.07 bits per heavy atom. The first-order chi connectivity index (χ1) is 20.5. The van der Waals surface area contributed by atoms with Crippen molar-refractivity contribution in [1.82, 2.24) is 4.90 Å². The van der Waals surface area contributed by atoms with Crippen LogP contribution in [0, 0.1) is 0 Å². The van der Waals surface area contributed by atoms with Crippen LogP contribution in [0.4, 0.5) is 10.5 Å². The number of hydrogen-bond acceptors (Lipinski definition) is 8. The predicted octanol–water partition coefficient (Wildman–Crippen LogP) is 3.25. The van der Waals surface area contributed by atoms with Crippen molar-refractivity contribution >= 4 is 40.1 Å². The lowest BCUT2D eigenvalue weighted by Gasteiger charge is -2.24. The van der Waals surface area contributed by atoms with E-state index in [0.29, 0.717) is 40.9 Å². The number of hydrogen-bond donors (Lipinski definition) is 3. The normalized spacial score (nSPS) is 13.6. The molecule has 0 spiro atoms. The van der Waals surface area contributed by atoms with Gasteiger partial charge in [0.2, 0.25) is 0 Å². The Labute approximate surface area is 252 Å². The molecule has 1 atom stereocenters. The van der Waals surface area contributed by atoms with E-state index in [4.69, 9.17) is 9.47 Å². The number of likely N-dealkylation sites (N-methyl/N-ethyl adjacent to an activating group) is 1. The zero-order valence-electron chi connectivity index (χ0n) is 24.5. The maximum Gasteiger partial charge on any atom is 0.488 e. The maximum absolute atomic E-state index is 13.1. The number of carbonyl (C=O) groups excluding carboxylic acids is 2. The Kier molecular flexibility index (Phi) is 10.5. The van der Waals surface area contributed by atoms with Gasteiger partial charge in [-0.15, -0.1) is 0 Å². The number of rotatable bonds is 13. The molecule has 0 saturated heterocycles. The molecule has 0 radical (unpaired) electrons. The highest BCUT2D eigenvalue weighted by molar-refractivity contribution is 7.92. The lowest BCUT2D eigenvalue weighted by molar-refractivity contribution is -0.144. The van der Waals surface area contributed by atoms with Crippen LogP contribution in [0.25, 0.3) is 0 Å². The van der Waals surface area contributed by atoms with Gasteiger partial charge in [0.1, 0.15) is 12.4 Å². The van der Waals surface area contributed by atoms with E-state index < -0.39 is 34.2 Å². The topological polar surface area (TPSA) is 142 Å². The van der Waals surface area contributed by atoms with Gasteiger partial charge >= 0.3 is 19.1 Å². The number of esters is 1. The molecule has 0 bridgehead atoms. The molecule has 12 heteroatoms. The number of nitrogens with one attached hydrogen (secondary N) is 1. The third-order valence-electron chi connectivity index (χ3n) is 7.40. The minimum atomic E-state index is -3.55. The number of anilines is 1. The fraction of sp³-hybridized carbons (Fsp3) is 0.355. The number of aryl methyl sites for hydroxylation is 1. The second-order valence-corrected chi connectivity index (χ2v) is 13.0. The molecule has 0 aliphatic heterocycles. The highest BCUT2D eigenvalue weighted by atomic mass is 32.2. The first-order valence-corrected chi connectivity index (χ1v) is 15.7. The molecule has 3 aromatic rings. The second kappa shape index (κ2) is 14.1. The quantitative estimate of drug-likeness (QED) is 0.198. The summed E-state index contributed by atoms with van der Waals surface area (Å²) in [5, 5.41) is 21.5. The lowest BCUT2D eigenvalue weighted by Crippen LogP contribution is -2.35. The molecule has 0 unspecified atom stereocenters. The SMILES string of the molecule is COc1ccc(B(O)O)cc1[C@H](C)CN(C)C(=O)Nc1ccc(S(=O)(=O)C2CC2)c(CCC(=O)OCc2ccccc2)c1. The Morgan fingerprint density at radius 3 is 2.44 bits per heavy atom. The van der Waals surface area contributed by atoms with Gasteiger partial charge in [0, 0.05) is 31.6 Å². The third kappa shape index (κ3) is 8.37. The smallest absolute Gasteiger partial charge is 0.488 e. The minimum Gasteiger partial charge on any atom is -0.496 e. The van der Waals surface area contributed by atoms with E-state index >= 15 is 0 Å². The summed E-state index contributed by atoms with van der Waals surface area (Å²) in [4.78, 5) is 27.2. The molecule has 0 heterocycles. The van der Waals surface area contributed by atoms with Crippen molar-refractivity contribution in [2.75, 3.05) is 26.0 Å². The first kappa shape index (κ1) is 32.1. The Balaban J connectivity index is 1.45. The second-order valence-electron chi connectivity index (χ2n) is 10.8. The van der Waals surface area contributed by atoms with E-state index in [1.807, 2.05) is 37.3 Å². The number of urea groups is 1. The molecule has 1 aliphatic carbocycles. The summed E-state index contributed by atoms with van der Waals surface area (Å²) in [5.74, 6) is -0.104. The van der Waals surface area contributed by atoms with Crippen molar-refractivity contribution in [3.63, 3.8) is 0 Å². The molecule has 228 valence electrons. The highest BCUT2D eigenvalue weighted by Crippen LogP contribution is 2.36. The summed E-state index contributed by atoms with van der Waals surface area (Å²) in [6.45, 7) is 2.30. The fourth-order valence-electron chi connectivity index (χ4n) is 4.84. The molecule has 4 rings (SSSR count). The number of sulfone groups is 1. The zero-order chi connectivity index (χ0) is 31.1. The summed E-state index contributed by atoms with van der Waals surface area (Å²) in [6.07, 6.45) is 1.33. The van der Waals surface area contributed by atoms with Crippen LogP contribution in [-0.2, 0) is 32.4 Å². The van der Waals surface area contributed by atoms with Crippen molar-refractivity contribution in [2.45, 2.75) is 55.3 Å². The summed E-state index contributed by atoms with van der Waals surface area (Å²) in [5.41, 5.74) is 2.72. The van der Waals surface area contributed by atoms with E-state index in [0.717, 1.165) is 5.56 Å². The van der Waals surface area contributed by atoms with Crippen LogP contribution >= 0.6 is 0 Å². The van der Waals surface area contributed by atoms with Crippen molar-refractivity contribution in [3.05, 3.63) is 83.4 Å².